The van der Waals surface area contributed by atoms with E-state index in [-0.39, 0.29) is 5.75 Å². The van der Waals surface area contributed by atoms with Crippen molar-refractivity contribution in [3.63, 3.8) is 0 Å². The molecule has 0 saturated carbocycles. The largest absolute Gasteiger partial charge is 0.573 e. The summed E-state index contributed by atoms with van der Waals surface area (Å²) in [6.45, 7) is 6.05. The Labute approximate surface area is 234 Å². The van der Waals surface area contributed by atoms with Gasteiger partial charge in [0.1, 0.15) is 12.1 Å². The summed E-state index contributed by atoms with van der Waals surface area (Å²) in [7, 11) is 0. The summed E-state index contributed by atoms with van der Waals surface area (Å²) >= 11 is 5.48. The molecule has 204 valence electrons. The quantitative estimate of drug-likeness (QED) is 0.127. The number of hydrazone groups is 1. The highest BCUT2D eigenvalue weighted by Gasteiger charge is 2.31. The molecule has 10 heteroatoms. The van der Waals surface area contributed by atoms with Crippen molar-refractivity contribution in [3.05, 3.63) is 95.8 Å². The molecule has 1 aromatic heterocycles. The van der Waals surface area contributed by atoms with Gasteiger partial charge in [0, 0.05) is 16.8 Å². The third-order valence-corrected chi connectivity index (χ3v) is 6.80. The molecule has 0 fully saturated rings. The van der Waals surface area contributed by atoms with Crippen molar-refractivity contribution in [2.45, 2.75) is 33.6 Å². The van der Waals surface area contributed by atoms with Crippen LogP contribution in [0.2, 0.25) is 0 Å². The number of para-hydroxylation sites is 1. The number of hydrogen-bond donors (Lipinski definition) is 2. The first-order chi connectivity index (χ1) is 19.1. The van der Waals surface area contributed by atoms with Gasteiger partial charge in [-0.1, -0.05) is 43.3 Å². The van der Waals surface area contributed by atoms with Gasteiger partial charge in [0.05, 0.1) is 16.7 Å². The molecule has 0 aliphatic heterocycles. The van der Waals surface area contributed by atoms with Crippen molar-refractivity contribution >= 4 is 50.5 Å². The van der Waals surface area contributed by atoms with Gasteiger partial charge in [0.2, 0.25) is 0 Å². The van der Waals surface area contributed by atoms with Gasteiger partial charge in [-0.3, -0.25) is 9.99 Å². The molecule has 2 N–H and O–H groups in total. The van der Waals surface area contributed by atoms with Crippen LogP contribution in [0.1, 0.15) is 30.5 Å². The monoisotopic (exact) mass is 561 g/mol. The Balaban J connectivity index is 1.35. The zero-order chi connectivity index (χ0) is 28.4. The molecule has 40 heavy (non-hydrogen) atoms. The minimum atomic E-state index is -4.73. The number of hydrogen-bond acceptors (Lipinski definition) is 4. The lowest BCUT2D eigenvalue weighted by Gasteiger charge is -2.14. The van der Waals surface area contributed by atoms with Gasteiger partial charge in [-0.05, 0) is 91.0 Å². The number of imidazole rings is 1. The number of fused-ring (bicyclic) bond motifs is 3. The first kappa shape index (κ1) is 27.1. The highest BCUT2D eigenvalue weighted by Crippen LogP contribution is 2.29. The molecule has 5 rings (SSSR count). The van der Waals surface area contributed by atoms with Crippen LogP contribution in [-0.2, 0) is 6.42 Å². The Morgan fingerprint density at radius 1 is 1.05 bits per heavy atom. The number of nitrogens with one attached hydrogen (secondary N) is 2. The number of aromatic nitrogens is 2. The fraction of sp³-hybridized carbons (Fsp3) is 0.167. The van der Waals surface area contributed by atoms with Crippen molar-refractivity contribution in [1.29, 1.82) is 0 Å². The van der Waals surface area contributed by atoms with Crippen LogP contribution < -0.4 is 15.5 Å². The Kier molecular flexibility index (Phi) is 7.44. The maximum atomic E-state index is 12.5. The van der Waals surface area contributed by atoms with E-state index >= 15 is 0 Å². The van der Waals surface area contributed by atoms with Crippen LogP contribution in [0.5, 0.6) is 5.75 Å². The number of aryl methyl sites for hydroxylation is 2. The Morgan fingerprint density at radius 2 is 1.82 bits per heavy atom. The number of thiocarbonyl (C=S) groups is 1. The summed E-state index contributed by atoms with van der Waals surface area (Å²) in [5.41, 5.74) is 10.2. The predicted octanol–water partition coefficient (Wildman–Crippen LogP) is 7.66. The van der Waals surface area contributed by atoms with Crippen LogP contribution in [0.3, 0.4) is 0 Å². The number of benzene rings is 4. The van der Waals surface area contributed by atoms with E-state index in [0.29, 0.717) is 10.8 Å². The fourth-order valence-electron chi connectivity index (χ4n) is 4.59. The second-order valence-electron chi connectivity index (χ2n) is 9.25. The number of halogens is 3. The van der Waals surface area contributed by atoms with Gasteiger partial charge >= 0.3 is 6.36 Å². The van der Waals surface area contributed by atoms with E-state index in [1.165, 1.54) is 17.7 Å². The summed E-state index contributed by atoms with van der Waals surface area (Å²) in [5, 5.41) is 10.1. The van der Waals surface area contributed by atoms with Gasteiger partial charge < -0.3 is 10.1 Å². The van der Waals surface area contributed by atoms with Crippen LogP contribution >= 0.6 is 12.2 Å². The zero-order valence-electron chi connectivity index (χ0n) is 22.0. The van der Waals surface area contributed by atoms with Gasteiger partial charge in [-0.25, -0.2) is 4.98 Å². The van der Waals surface area contributed by atoms with Crippen LogP contribution in [0.15, 0.2) is 84.2 Å². The Bertz CT molecular complexity index is 1740. The normalized spacial score (nSPS) is 12.1. The number of ether oxygens (including phenoxy) is 1. The first-order valence-electron chi connectivity index (χ1n) is 12.6. The molecule has 0 aliphatic rings. The molecule has 0 atom stereocenters. The van der Waals surface area contributed by atoms with Gasteiger partial charge in [-0.15, -0.1) is 13.2 Å². The minimum absolute atomic E-state index is 0.275. The first-order valence-corrected chi connectivity index (χ1v) is 13.0. The molecule has 0 unspecified atom stereocenters. The smallest absolute Gasteiger partial charge is 0.406 e. The molecule has 0 aliphatic carbocycles. The molecule has 4 aromatic carbocycles. The number of nitrogens with zero attached hydrogens (tertiary/aromatic N) is 3. The maximum absolute atomic E-state index is 12.5. The third-order valence-electron chi connectivity index (χ3n) is 6.60. The van der Waals surface area contributed by atoms with Crippen LogP contribution in [0.25, 0.3) is 27.5 Å². The molecular formula is C30H26F3N5OS. The predicted molar refractivity (Wildman–Crippen MR) is 157 cm³/mol. The highest BCUT2D eigenvalue weighted by atomic mass is 32.1. The van der Waals surface area contributed by atoms with E-state index in [1.54, 1.807) is 18.5 Å². The van der Waals surface area contributed by atoms with Crippen molar-refractivity contribution < 1.29 is 17.9 Å². The highest BCUT2D eigenvalue weighted by molar-refractivity contribution is 7.80. The van der Waals surface area contributed by atoms with Crippen molar-refractivity contribution in [2.24, 2.45) is 5.10 Å². The standard InChI is InChI=1S/C30H26F3N5OS/c1-4-20-7-5-6-18(2)27(20)35-29(40)37-36-19(3)21-8-14-25-22(16-21)9-15-26-28(25)34-17-38(26)23-10-12-24(13-11-23)39-30(31,32)33/h5-17H,4H2,1-3H3,(H2,35,37,40)/b36-19-. The topological polar surface area (TPSA) is 63.5 Å². The van der Waals surface area contributed by atoms with E-state index in [1.807, 2.05) is 60.9 Å². The Hall–Kier alpha value is -4.44. The van der Waals surface area contributed by atoms with Gasteiger partial charge in [-0.2, -0.15) is 5.10 Å². The summed E-state index contributed by atoms with van der Waals surface area (Å²) in [4.78, 5) is 4.58. The maximum Gasteiger partial charge on any atom is 0.573 e. The second-order valence-corrected chi connectivity index (χ2v) is 9.66. The molecule has 0 bridgehead atoms. The van der Waals surface area contributed by atoms with E-state index < -0.39 is 6.36 Å². The average Bonchev–Trinajstić information content (AvgIpc) is 3.36. The number of rotatable bonds is 6. The zero-order valence-corrected chi connectivity index (χ0v) is 22.8. The van der Waals surface area contributed by atoms with Gasteiger partial charge in [0.25, 0.3) is 0 Å². The van der Waals surface area contributed by atoms with Crippen molar-refractivity contribution in [1.82, 2.24) is 15.0 Å². The fourth-order valence-corrected chi connectivity index (χ4v) is 4.74. The molecule has 0 saturated heterocycles. The molecule has 6 nitrogen and oxygen atoms in total. The minimum Gasteiger partial charge on any atom is -0.406 e. The molecular weight excluding hydrogens is 535 g/mol. The second kappa shape index (κ2) is 11.0. The summed E-state index contributed by atoms with van der Waals surface area (Å²) in [6.07, 6.45) is -2.19. The lowest BCUT2D eigenvalue weighted by molar-refractivity contribution is -0.274. The van der Waals surface area contributed by atoms with Crippen LogP contribution in [0, 0.1) is 6.92 Å². The van der Waals surface area contributed by atoms with E-state index in [0.717, 1.165) is 50.8 Å². The third kappa shape index (κ3) is 5.76. The summed E-state index contributed by atoms with van der Waals surface area (Å²) < 4.78 is 43.3. The Morgan fingerprint density at radius 3 is 2.55 bits per heavy atom. The summed E-state index contributed by atoms with van der Waals surface area (Å²) in [6, 6.07) is 21.7. The summed E-state index contributed by atoms with van der Waals surface area (Å²) in [5.74, 6) is -0.275. The molecule has 0 radical (unpaired) electrons. The molecule has 1 heterocycles. The molecule has 0 spiro atoms. The van der Waals surface area contributed by atoms with Crippen molar-refractivity contribution in [2.75, 3.05) is 5.32 Å². The van der Waals surface area contributed by atoms with Crippen molar-refractivity contribution in [3.8, 4) is 11.4 Å². The van der Waals surface area contributed by atoms with Crippen LogP contribution in [0.4, 0.5) is 18.9 Å². The van der Waals surface area contributed by atoms with Gasteiger partial charge in [0.15, 0.2) is 5.11 Å². The number of alkyl halides is 3. The van der Waals surface area contributed by atoms with E-state index in [2.05, 4.69) is 38.6 Å². The average molecular weight is 562 g/mol. The molecule has 5 aromatic rings. The molecule has 0 amide bonds. The van der Waals surface area contributed by atoms with E-state index in [4.69, 9.17) is 12.2 Å². The lowest BCUT2D eigenvalue weighted by Crippen LogP contribution is -2.26. The van der Waals surface area contributed by atoms with Crippen LogP contribution in [-0.4, -0.2) is 26.7 Å². The van der Waals surface area contributed by atoms with E-state index in [9.17, 15) is 13.2 Å². The SMILES string of the molecule is CCc1cccc(C)c1NC(=S)N/N=C(/C)c1ccc2c(ccc3c2ncn3-c2ccc(OC(F)(F)F)cc2)c1. The number of anilines is 1. The lowest BCUT2D eigenvalue weighted by atomic mass is 10.0.